The van der Waals surface area contributed by atoms with Gasteiger partial charge in [-0.05, 0) is 31.5 Å². The number of carbonyl (C=O) groups excluding carboxylic acids is 1. The monoisotopic (exact) mass is 384 g/mol. The minimum Gasteiger partial charge on any atom is -0.424 e. The van der Waals surface area contributed by atoms with Crippen molar-refractivity contribution < 1.29 is 9.53 Å². The Balaban J connectivity index is 1.80. The van der Waals surface area contributed by atoms with Gasteiger partial charge in [-0.2, -0.15) is 0 Å². The quantitative estimate of drug-likeness (QED) is 0.432. The van der Waals surface area contributed by atoms with Crippen LogP contribution < -0.4 is 4.74 Å². The van der Waals surface area contributed by atoms with Crippen molar-refractivity contribution in [3.8, 4) is 5.75 Å². The summed E-state index contributed by atoms with van der Waals surface area (Å²) in [4.78, 5) is 21.4. The Labute approximate surface area is 167 Å². The predicted molar refractivity (Wildman–Crippen MR) is 112 cm³/mol. The number of esters is 1. The summed E-state index contributed by atoms with van der Waals surface area (Å²) in [7, 11) is 0. The molecule has 0 aliphatic carbocycles. The molecule has 2 aromatic carbocycles. The number of rotatable bonds is 3. The van der Waals surface area contributed by atoms with Gasteiger partial charge in [0, 0.05) is 19.7 Å². The lowest BCUT2D eigenvalue weighted by molar-refractivity contribution is -0.131. The molecule has 3 heterocycles. The molecule has 0 unspecified atom stereocenters. The average Bonchev–Trinajstić information content (AvgIpc) is 3.22. The lowest BCUT2D eigenvalue weighted by Crippen LogP contribution is -2.03. The Morgan fingerprint density at radius 3 is 2.52 bits per heavy atom. The first-order valence-corrected chi connectivity index (χ1v) is 9.52. The number of benzene rings is 2. The highest BCUT2D eigenvalue weighted by molar-refractivity contribution is 6.00. The molecule has 0 fully saturated rings. The first kappa shape index (κ1) is 17.4. The third kappa shape index (κ3) is 2.84. The fourth-order valence-electron chi connectivity index (χ4n) is 3.82. The van der Waals surface area contributed by atoms with Crippen LogP contribution in [-0.4, -0.2) is 24.9 Å². The number of hydrogen-bond acceptors (Lipinski definition) is 4. The number of para-hydroxylation sites is 2. The van der Waals surface area contributed by atoms with Crippen LogP contribution in [-0.2, 0) is 11.3 Å². The normalized spacial score (nSPS) is 11.6. The topological polar surface area (TPSA) is 61.4 Å². The minimum absolute atomic E-state index is 0.366. The molecule has 6 nitrogen and oxygen atoms in total. The van der Waals surface area contributed by atoms with E-state index in [1.165, 1.54) is 12.5 Å². The molecular weight excluding hydrogens is 364 g/mol. The van der Waals surface area contributed by atoms with Crippen molar-refractivity contribution in [1.82, 2.24) is 18.9 Å². The molecule has 0 aliphatic heterocycles. The van der Waals surface area contributed by atoms with E-state index in [0.29, 0.717) is 12.3 Å². The number of aryl methyl sites for hydroxylation is 2. The van der Waals surface area contributed by atoms with Gasteiger partial charge in [-0.25, -0.2) is 9.97 Å². The van der Waals surface area contributed by atoms with E-state index >= 15 is 0 Å². The number of imidazole rings is 1. The molecule has 0 saturated carbocycles. The molecule has 0 radical (unpaired) electrons. The first-order valence-electron chi connectivity index (χ1n) is 9.52. The lowest BCUT2D eigenvalue weighted by atomic mass is 10.1. The number of fused-ring (bicyclic) bond motifs is 5. The van der Waals surface area contributed by atoms with Crippen LogP contribution in [0.25, 0.3) is 27.7 Å². The van der Waals surface area contributed by atoms with Crippen molar-refractivity contribution in [2.45, 2.75) is 27.3 Å². The van der Waals surface area contributed by atoms with E-state index in [1.54, 1.807) is 0 Å². The lowest BCUT2D eigenvalue weighted by Gasteiger charge is -2.07. The van der Waals surface area contributed by atoms with Gasteiger partial charge in [0.1, 0.15) is 16.9 Å². The second-order valence-corrected chi connectivity index (χ2v) is 7.32. The summed E-state index contributed by atoms with van der Waals surface area (Å²) in [5.74, 6) is 0.945. The zero-order valence-corrected chi connectivity index (χ0v) is 16.5. The van der Waals surface area contributed by atoms with Gasteiger partial charge in [0.2, 0.25) is 0 Å². The molecule has 0 saturated heterocycles. The Bertz CT molecular complexity index is 1390. The highest BCUT2D eigenvalue weighted by Crippen LogP contribution is 2.33. The largest absolute Gasteiger partial charge is 0.424 e. The number of ether oxygens (including phenoxy) is 1. The summed E-state index contributed by atoms with van der Waals surface area (Å²) < 4.78 is 9.59. The maximum absolute atomic E-state index is 11.8. The summed E-state index contributed by atoms with van der Waals surface area (Å²) in [6.07, 6.45) is 1.84. The van der Waals surface area contributed by atoms with Gasteiger partial charge < -0.3 is 9.30 Å². The molecular formula is C23H20N4O2. The third-order valence-electron chi connectivity index (χ3n) is 5.12. The van der Waals surface area contributed by atoms with E-state index in [-0.39, 0.29) is 5.97 Å². The van der Waals surface area contributed by atoms with Crippen LogP contribution in [0.1, 0.15) is 23.9 Å². The van der Waals surface area contributed by atoms with E-state index in [0.717, 1.165) is 39.1 Å². The average molecular weight is 384 g/mol. The van der Waals surface area contributed by atoms with Crippen LogP contribution in [0.2, 0.25) is 0 Å². The van der Waals surface area contributed by atoms with Gasteiger partial charge in [0.15, 0.2) is 11.4 Å². The number of aromatic nitrogens is 4. The third-order valence-corrected chi connectivity index (χ3v) is 5.12. The summed E-state index contributed by atoms with van der Waals surface area (Å²) in [5.41, 5.74) is 5.72. The molecule has 0 amide bonds. The van der Waals surface area contributed by atoms with Gasteiger partial charge in [-0.3, -0.25) is 9.20 Å². The SMILES string of the molecule is CC(=O)Oc1cn(Cc2ccc(C)cc2)c2nc(C)n3c4ccccc4nc3c12. The standard InChI is InChI=1S/C23H20N4O2/c1-14-8-10-17(11-9-14)12-26-13-20(29-16(3)28)21-22(26)24-15(2)27-19-7-5-4-6-18(19)25-23(21)27/h4-11,13H,12H2,1-3H3. The molecule has 29 heavy (non-hydrogen) atoms. The summed E-state index contributed by atoms with van der Waals surface area (Å²) >= 11 is 0. The fourth-order valence-corrected chi connectivity index (χ4v) is 3.82. The Kier molecular flexibility index (Phi) is 3.87. The van der Waals surface area contributed by atoms with Crippen molar-refractivity contribution in [2.75, 3.05) is 0 Å². The summed E-state index contributed by atoms with van der Waals surface area (Å²) in [6.45, 7) is 6.07. The van der Waals surface area contributed by atoms with Crippen LogP contribution >= 0.6 is 0 Å². The van der Waals surface area contributed by atoms with Gasteiger partial charge in [-0.1, -0.05) is 42.0 Å². The Hall–Kier alpha value is -3.67. The van der Waals surface area contributed by atoms with Crippen LogP contribution in [0.15, 0.2) is 54.7 Å². The molecule has 0 spiro atoms. The summed E-state index contributed by atoms with van der Waals surface area (Å²) in [6, 6.07) is 16.3. The molecule has 144 valence electrons. The zero-order valence-electron chi connectivity index (χ0n) is 16.5. The molecule has 0 atom stereocenters. The molecule has 0 aliphatic rings. The van der Waals surface area contributed by atoms with Crippen molar-refractivity contribution in [2.24, 2.45) is 0 Å². The van der Waals surface area contributed by atoms with Gasteiger partial charge in [-0.15, -0.1) is 0 Å². The van der Waals surface area contributed by atoms with Gasteiger partial charge in [0.05, 0.1) is 11.0 Å². The maximum Gasteiger partial charge on any atom is 0.308 e. The summed E-state index contributed by atoms with van der Waals surface area (Å²) in [5, 5.41) is 0.745. The van der Waals surface area contributed by atoms with Crippen molar-refractivity contribution in [3.05, 3.63) is 71.7 Å². The first-order chi connectivity index (χ1) is 14.0. The van der Waals surface area contributed by atoms with Crippen molar-refractivity contribution in [3.63, 3.8) is 0 Å². The molecule has 0 N–H and O–H groups in total. The van der Waals surface area contributed by atoms with E-state index in [9.17, 15) is 4.79 Å². The van der Waals surface area contributed by atoms with Crippen molar-refractivity contribution in [1.29, 1.82) is 0 Å². The second-order valence-electron chi connectivity index (χ2n) is 7.32. The van der Waals surface area contributed by atoms with Gasteiger partial charge >= 0.3 is 5.97 Å². The fraction of sp³-hybridized carbons (Fsp3) is 0.174. The van der Waals surface area contributed by atoms with Crippen LogP contribution in [0, 0.1) is 13.8 Å². The molecule has 6 heteroatoms. The van der Waals surface area contributed by atoms with E-state index in [1.807, 2.05) is 46.4 Å². The van der Waals surface area contributed by atoms with E-state index in [2.05, 4.69) is 31.2 Å². The van der Waals surface area contributed by atoms with Crippen LogP contribution in [0.3, 0.4) is 0 Å². The number of hydrogen-bond donors (Lipinski definition) is 0. The second kappa shape index (κ2) is 6.44. The predicted octanol–water partition coefficient (Wildman–Crippen LogP) is 4.43. The molecule has 3 aromatic heterocycles. The number of nitrogens with zero attached hydrogens (tertiary/aromatic N) is 4. The zero-order chi connectivity index (χ0) is 20.1. The highest BCUT2D eigenvalue weighted by Gasteiger charge is 2.20. The van der Waals surface area contributed by atoms with Crippen LogP contribution in [0.4, 0.5) is 0 Å². The van der Waals surface area contributed by atoms with E-state index < -0.39 is 0 Å². The van der Waals surface area contributed by atoms with E-state index in [4.69, 9.17) is 14.7 Å². The molecule has 5 rings (SSSR count). The minimum atomic E-state index is -0.366. The smallest absolute Gasteiger partial charge is 0.308 e. The maximum atomic E-state index is 11.8. The molecule has 5 aromatic rings. The van der Waals surface area contributed by atoms with Crippen molar-refractivity contribution >= 4 is 33.7 Å². The highest BCUT2D eigenvalue weighted by atomic mass is 16.5. The van der Waals surface area contributed by atoms with Gasteiger partial charge in [0.25, 0.3) is 0 Å². The Morgan fingerprint density at radius 2 is 1.76 bits per heavy atom. The number of carbonyl (C=O) groups is 1. The molecule has 0 bridgehead atoms. The Morgan fingerprint density at radius 1 is 1.00 bits per heavy atom. The van der Waals surface area contributed by atoms with Crippen LogP contribution in [0.5, 0.6) is 5.75 Å².